The van der Waals surface area contributed by atoms with Crippen molar-refractivity contribution in [3.8, 4) is 0 Å². The molecular formula is C18H23N5O3. The molecule has 0 aliphatic carbocycles. The molecule has 0 saturated carbocycles. The Labute approximate surface area is 152 Å². The van der Waals surface area contributed by atoms with E-state index in [1.165, 1.54) is 7.11 Å². The number of benzene rings is 1. The van der Waals surface area contributed by atoms with E-state index in [1.807, 2.05) is 25.2 Å². The van der Waals surface area contributed by atoms with Gasteiger partial charge in [0.05, 0.1) is 31.6 Å². The van der Waals surface area contributed by atoms with Crippen molar-refractivity contribution < 1.29 is 14.3 Å². The number of nitrogens with one attached hydrogen (secondary N) is 1. The third kappa shape index (κ3) is 4.27. The Morgan fingerprint density at radius 2 is 2.00 bits per heavy atom. The largest absolute Gasteiger partial charge is 0.465 e. The van der Waals surface area contributed by atoms with Gasteiger partial charge in [-0.3, -0.25) is 0 Å². The molecule has 1 fully saturated rings. The molecule has 0 spiro atoms. The summed E-state index contributed by atoms with van der Waals surface area (Å²) in [7, 11) is 3.31. The first-order valence-electron chi connectivity index (χ1n) is 8.39. The summed E-state index contributed by atoms with van der Waals surface area (Å²) in [5.74, 6) is 0.717. The second kappa shape index (κ2) is 8.11. The van der Waals surface area contributed by atoms with E-state index in [-0.39, 0.29) is 11.9 Å². The molecule has 1 aromatic carbocycles. The number of rotatable bonds is 7. The van der Waals surface area contributed by atoms with Crippen molar-refractivity contribution in [3.05, 3.63) is 47.2 Å². The molecule has 3 rings (SSSR count). The van der Waals surface area contributed by atoms with E-state index in [2.05, 4.69) is 24.9 Å². The number of nitrogens with two attached hydrogens (primary N) is 1. The number of hydrogen-bond donors (Lipinski definition) is 2. The Morgan fingerprint density at radius 3 is 2.65 bits per heavy atom. The van der Waals surface area contributed by atoms with Crippen LogP contribution < -0.4 is 16.0 Å². The van der Waals surface area contributed by atoms with Crippen molar-refractivity contribution in [2.45, 2.75) is 19.3 Å². The maximum absolute atomic E-state index is 11.4. The van der Waals surface area contributed by atoms with Crippen molar-refractivity contribution in [2.24, 2.45) is 0 Å². The van der Waals surface area contributed by atoms with E-state index in [1.54, 1.807) is 12.1 Å². The predicted molar refractivity (Wildman–Crippen MR) is 97.8 cm³/mol. The lowest BCUT2D eigenvalue weighted by Crippen LogP contribution is -2.57. The molecule has 2 aromatic rings. The summed E-state index contributed by atoms with van der Waals surface area (Å²) in [6.45, 7) is 2.55. The lowest BCUT2D eigenvalue weighted by atomic mass is 10.1. The molecule has 0 radical (unpaired) electrons. The van der Waals surface area contributed by atoms with Gasteiger partial charge in [0, 0.05) is 25.2 Å². The Kier molecular flexibility index (Phi) is 5.65. The van der Waals surface area contributed by atoms with Crippen molar-refractivity contribution >= 4 is 17.7 Å². The summed E-state index contributed by atoms with van der Waals surface area (Å²) < 4.78 is 10.4. The molecule has 3 N–H and O–H groups in total. The minimum absolute atomic E-state index is 0.247. The summed E-state index contributed by atoms with van der Waals surface area (Å²) in [5, 5.41) is 3.23. The Morgan fingerprint density at radius 1 is 1.27 bits per heavy atom. The number of nitrogens with zero attached hydrogens (tertiary/aromatic N) is 3. The van der Waals surface area contributed by atoms with Gasteiger partial charge < -0.3 is 25.4 Å². The maximum Gasteiger partial charge on any atom is 0.337 e. The lowest BCUT2D eigenvalue weighted by molar-refractivity contribution is 0.0600. The molecular weight excluding hydrogens is 334 g/mol. The molecule has 8 heteroatoms. The van der Waals surface area contributed by atoms with Gasteiger partial charge in [0.25, 0.3) is 0 Å². The third-order valence-electron chi connectivity index (χ3n) is 4.29. The highest BCUT2D eigenvalue weighted by molar-refractivity contribution is 5.89. The van der Waals surface area contributed by atoms with Crippen LogP contribution in [0.5, 0.6) is 0 Å². The van der Waals surface area contributed by atoms with Crippen LogP contribution in [0.1, 0.15) is 21.6 Å². The molecule has 8 nitrogen and oxygen atoms in total. The molecule has 1 saturated heterocycles. The second-order valence-electron chi connectivity index (χ2n) is 6.15. The number of hydrogen-bond acceptors (Lipinski definition) is 8. The van der Waals surface area contributed by atoms with Gasteiger partial charge in [0.15, 0.2) is 0 Å². The van der Waals surface area contributed by atoms with Crippen LogP contribution in [-0.2, 0) is 22.7 Å². The number of carbonyl (C=O) groups excluding carboxylic acids is 1. The van der Waals surface area contributed by atoms with Gasteiger partial charge in [-0.1, -0.05) is 12.1 Å². The highest BCUT2D eigenvalue weighted by Gasteiger charge is 2.26. The molecule has 1 aliphatic heterocycles. The normalized spacial score (nSPS) is 14.2. The standard InChI is InChI=1S/C18H23N5O3/c1-20-15-8-23(9-15)16-7-14(21-18(19)22-16)11-26-10-12-3-5-13(6-4-12)17(24)25-2/h3-7,15,20H,8-11H2,1-2H3,(H2,19,21,22). The zero-order valence-electron chi connectivity index (χ0n) is 14.9. The van der Waals surface area contributed by atoms with Gasteiger partial charge in [-0.05, 0) is 24.7 Å². The Balaban J connectivity index is 1.54. The average molecular weight is 357 g/mol. The zero-order valence-corrected chi connectivity index (χ0v) is 14.9. The van der Waals surface area contributed by atoms with Gasteiger partial charge >= 0.3 is 5.97 Å². The number of anilines is 2. The van der Waals surface area contributed by atoms with Crippen LogP contribution in [-0.4, -0.2) is 49.2 Å². The zero-order chi connectivity index (χ0) is 18.5. The first kappa shape index (κ1) is 18.1. The molecule has 2 heterocycles. The molecule has 0 bridgehead atoms. The number of methoxy groups -OCH3 is 1. The summed E-state index contributed by atoms with van der Waals surface area (Å²) in [6.07, 6.45) is 0. The van der Waals surface area contributed by atoms with Gasteiger partial charge in [0.1, 0.15) is 5.82 Å². The van der Waals surface area contributed by atoms with Crippen LogP contribution in [0.2, 0.25) is 0 Å². The molecule has 0 atom stereocenters. The minimum atomic E-state index is -0.354. The SMILES string of the molecule is CNC1CN(c2cc(COCc3ccc(C(=O)OC)cc3)nc(N)n2)C1. The topological polar surface area (TPSA) is 103 Å². The summed E-state index contributed by atoms with van der Waals surface area (Å²) in [4.78, 5) is 22.1. The number of nitrogen functional groups attached to an aromatic ring is 1. The van der Waals surface area contributed by atoms with E-state index < -0.39 is 0 Å². The smallest absolute Gasteiger partial charge is 0.337 e. The van der Waals surface area contributed by atoms with Crippen LogP contribution in [0.3, 0.4) is 0 Å². The van der Waals surface area contributed by atoms with Gasteiger partial charge in [0.2, 0.25) is 5.95 Å². The minimum Gasteiger partial charge on any atom is -0.465 e. The monoisotopic (exact) mass is 357 g/mol. The Bertz CT molecular complexity index is 760. The van der Waals surface area contributed by atoms with Gasteiger partial charge in [-0.2, -0.15) is 4.98 Å². The average Bonchev–Trinajstić information content (AvgIpc) is 2.60. The molecule has 0 amide bonds. The van der Waals surface area contributed by atoms with Crippen LogP contribution in [0, 0.1) is 0 Å². The quantitative estimate of drug-likeness (QED) is 0.707. The lowest BCUT2D eigenvalue weighted by Gasteiger charge is -2.40. The second-order valence-corrected chi connectivity index (χ2v) is 6.15. The highest BCUT2D eigenvalue weighted by Crippen LogP contribution is 2.20. The molecule has 138 valence electrons. The summed E-state index contributed by atoms with van der Waals surface area (Å²) in [6, 6.07) is 9.50. The molecule has 0 unspecified atom stereocenters. The van der Waals surface area contributed by atoms with E-state index in [0.717, 1.165) is 30.2 Å². The van der Waals surface area contributed by atoms with Gasteiger partial charge in [-0.25, -0.2) is 9.78 Å². The van der Waals surface area contributed by atoms with Crippen LogP contribution >= 0.6 is 0 Å². The fraction of sp³-hybridized carbons (Fsp3) is 0.389. The number of carbonyl (C=O) groups is 1. The van der Waals surface area contributed by atoms with Crippen molar-refractivity contribution in [1.29, 1.82) is 0 Å². The van der Waals surface area contributed by atoms with E-state index >= 15 is 0 Å². The number of likely N-dealkylation sites (N-methyl/N-ethyl adjacent to an activating group) is 1. The molecule has 26 heavy (non-hydrogen) atoms. The van der Waals surface area contributed by atoms with Crippen molar-refractivity contribution in [2.75, 3.05) is 37.9 Å². The summed E-state index contributed by atoms with van der Waals surface area (Å²) >= 11 is 0. The first-order chi connectivity index (χ1) is 12.6. The third-order valence-corrected chi connectivity index (χ3v) is 4.29. The fourth-order valence-electron chi connectivity index (χ4n) is 2.72. The number of ether oxygens (including phenoxy) is 2. The van der Waals surface area contributed by atoms with Gasteiger partial charge in [-0.15, -0.1) is 0 Å². The Hall–Kier alpha value is -2.71. The van der Waals surface area contributed by atoms with E-state index in [0.29, 0.717) is 24.8 Å². The number of esters is 1. The van der Waals surface area contributed by atoms with Crippen LogP contribution in [0.4, 0.5) is 11.8 Å². The van der Waals surface area contributed by atoms with Crippen LogP contribution in [0.25, 0.3) is 0 Å². The first-order valence-corrected chi connectivity index (χ1v) is 8.39. The highest BCUT2D eigenvalue weighted by atomic mass is 16.5. The van der Waals surface area contributed by atoms with Crippen LogP contribution in [0.15, 0.2) is 30.3 Å². The fourth-order valence-corrected chi connectivity index (χ4v) is 2.72. The predicted octanol–water partition coefficient (Wildman–Crippen LogP) is 0.970. The molecule has 1 aromatic heterocycles. The summed E-state index contributed by atoms with van der Waals surface area (Å²) in [5.41, 5.74) is 8.03. The molecule has 1 aliphatic rings. The maximum atomic E-state index is 11.4. The van der Waals surface area contributed by atoms with Crippen molar-refractivity contribution in [1.82, 2.24) is 15.3 Å². The van der Waals surface area contributed by atoms with E-state index in [4.69, 9.17) is 10.5 Å². The number of aromatic nitrogens is 2. The van der Waals surface area contributed by atoms with E-state index in [9.17, 15) is 4.79 Å². The van der Waals surface area contributed by atoms with Crippen molar-refractivity contribution in [3.63, 3.8) is 0 Å².